The SMILES string of the molecule is CC(C)CNC(=O)CS(=O)CC(O)CO. The molecule has 0 aliphatic carbocycles. The highest BCUT2D eigenvalue weighted by molar-refractivity contribution is 7.85. The quantitative estimate of drug-likeness (QED) is 0.522. The fourth-order valence-electron chi connectivity index (χ4n) is 0.841. The summed E-state index contributed by atoms with van der Waals surface area (Å²) in [7, 11) is -1.42. The van der Waals surface area contributed by atoms with Crippen LogP contribution in [0.15, 0.2) is 0 Å². The Labute approximate surface area is 92.3 Å². The molecule has 0 radical (unpaired) electrons. The lowest BCUT2D eigenvalue weighted by molar-refractivity contribution is -0.118. The number of aliphatic hydroxyl groups excluding tert-OH is 2. The van der Waals surface area contributed by atoms with E-state index in [1.165, 1.54) is 0 Å². The summed E-state index contributed by atoms with van der Waals surface area (Å²) in [6.07, 6.45) is -1.01. The highest BCUT2D eigenvalue weighted by Crippen LogP contribution is 1.91. The molecule has 0 heterocycles. The topological polar surface area (TPSA) is 86.6 Å². The van der Waals surface area contributed by atoms with Gasteiger partial charge < -0.3 is 15.5 Å². The molecule has 90 valence electrons. The molecular formula is C9H19NO4S. The number of rotatable bonds is 7. The molecule has 5 nitrogen and oxygen atoms in total. The van der Waals surface area contributed by atoms with Crippen LogP contribution in [0.2, 0.25) is 0 Å². The van der Waals surface area contributed by atoms with Gasteiger partial charge in [0.2, 0.25) is 5.91 Å². The Morgan fingerprint density at radius 1 is 1.47 bits per heavy atom. The molecule has 2 unspecified atom stereocenters. The third kappa shape index (κ3) is 8.53. The van der Waals surface area contributed by atoms with Crippen LogP contribution in [0.25, 0.3) is 0 Å². The summed E-state index contributed by atoms with van der Waals surface area (Å²) in [5.74, 6) is -0.118. The lowest BCUT2D eigenvalue weighted by atomic mass is 10.2. The van der Waals surface area contributed by atoms with Crippen LogP contribution < -0.4 is 5.32 Å². The Bertz CT molecular complexity index is 220. The van der Waals surface area contributed by atoms with E-state index >= 15 is 0 Å². The van der Waals surface area contributed by atoms with Crippen molar-refractivity contribution in [2.45, 2.75) is 20.0 Å². The zero-order valence-electron chi connectivity index (χ0n) is 9.10. The molecule has 0 spiro atoms. The Hall–Kier alpha value is -0.460. The molecule has 0 aromatic rings. The number of hydrogen-bond acceptors (Lipinski definition) is 4. The highest BCUT2D eigenvalue weighted by Gasteiger charge is 2.12. The second-order valence-corrected chi connectivity index (χ2v) is 5.29. The molecule has 0 fully saturated rings. The number of carbonyl (C=O) groups excluding carboxylic acids is 1. The first-order valence-corrected chi connectivity index (χ1v) is 6.35. The Morgan fingerprint density at radius 2 is 2.07 bits per heavy atom. The molecule has 0 rings (SSSR count). The van der Waals surface area contributed by atoms with Crippen LogP contribution in [0.3, 0.4) is 0 Å². The first-order valence-electron chi connectivity index (χ1n) is 4.86. The van der Waals surface area contributed by atoms with Gasteiger partial charge in [0.1, 0.15) is 5.75 Å². The largest absolute Gasteiger partial charge is 0.394 e. The summed E-state index contributed by atoms with van der Waals surface area (Å²) in [6.45, 7) is 4.05. The molecular weight excluding hydrogens is 218 g/mol. The van der Waals surface area contributed by atoms with E-state index in [1.807, 2.05) is 13.8 Å². The minimum atomic E-state index is -1.42. The number of carbonyl (C=O) groups is 1. The zero-order valence-corrected chi connectivity index (χ0v) is 9.92. The fraction of sp³-hybridized carbons (Fsp3) is 0.889. The molecule has 0 aromatic heterocycles. The van der Waals surface area contributed by atoms with Crippen molar-refractivity contribution in [1.82, 2.24) is 5.32 Å². The van der Waals surface area contributed by atoms with Crippen LogP contribution in [0.4, 0.5) is 0 Å². The summed E-state index contributed by atoms with van der Waals surface area (Å²) in [5, 5.41) is 20.1. The molecule has 0 saturated heterocycles. The molecule has 2 atom stereocenters. The predicted octanol–water partition coefficient (Wildman–Crippen LogP) is -1.14. The normalized spacial score (nSPS) is 15.0. The third-order valence-corrected chi connectivity index (χ3v) is 2.93. The van der Waals surface area contributed by atoms with Gasteiger partial charge in [0.05, 0.1) is 18.5 Å². The molecule has 0 aliphatic rings. The van der Waals surface area contributed by atoms with Gasteiger partial charge in [-0.1, -0.05) is 13.8 Å². The van der Waals surface area contributed by atoms with Crippen LogP contribution in [-0.4, -0.2) is 51.1 Å². The standard InChI is InChI=1S/C9H19NO4S/c1-7(2)3-10-9(13)6-15(14)5-8(12)4-11/h7-8,11-12H,3-6H2,1-2H3,(H,10,13). The molecule has 3 N–H and O–H groups in total. The molecule has 6 heteroatoms. The minimum absolute atomic E-state index is 0.0639. The van der Waals surface area contributed by atoms with Gasteiger partial charge in [0, 0.05) is 17.3 Å². The van der Waals surface area contributed by atoms with E-state index in [0.717, 1.165) is 0 Å². The van der Waals surface area contributed by atoms with Crippen molar-refractivity contribution in [2.24, 2.45) is 5.92 Å². The van der Waals surface area contributed by atoms with Gasteiger partial charge >= 0.3 is 0 Å². The maximum absolute atomic E-state index is 11.2. The van der Waals surface area contributed by atoms with E-state index < -0.39 is 23.5 Å². The Morgan fingerprint density at radius 3 is 2.53 bits per heavy atom. The average Bonchev–Trinajstić information content (AvgIpc) is 2.14. The number of aliphatic hydroxyl groups is 2. The lowest BCUT2D eigenvalue weighted by Gasteiger charge is -2.09. The van der Waals surface area contributed by atoms with Crippen molar-refractivity contribution in [1.29, 1.82) is 0 Å². The number of hydrogen-bond donors (Lipinski definition) is 3. The van der Waals surface area contributed by atoms with Crippen molar-refractivity contribution in [2.75, 3.05) is 24.7 Å². The molecule has 0 aliphatic heterocycles. The number of nitrogens with one attached hydrogen (secondary N) is 1. The van der Waals surface area contributed by atoms with Crippen molar-refractivity contribution >= 4 is 16.7 Å². The van der Waals surface area contributed by atoms with E-state index in [-0.39, 0.29) is 17.4 Å². The first-order chi connectivity index (χ1) is 6.95. The summed E-state index contributed by atoms with van der Waals surface area (Å²) in [5.41, 5.74) is 0. The van der Waals surface area contributed by atoms with Gasteiger partial charge in [-0.25, -0.2) is 0 Å². The zero-order chi connectivity index (χ0) is 11.8. The molecule has 15 heavy (non-hydrogen) atoms. The Balaban J connectivity index is 3.72. The molecule has 0 bridgehead atoms. The monoisotopic (exact) mass is 237 g/mol. The maximum Gasteiger partial charge on any atom is 0.232 e. The second-order valence-electron chi connectivity index (χ2n) is 3.79. The minimum Gasteiger partial charge on any atom is -0.394 e. The van der Waals surface area contributed by atoms with Crippen LogP contribution in [0.1, 0.15) is 13.8 Å². The molecule has 0 saturated carbocycles. The van der Waals surface area contributed by atoms with E-state index in [2.05, 4.69) is 5.32 Å². The van der Waals surface area contributed by atoms with E-state index in [1.54, 1.807) is 0 Å². The number of amides is 1. The van der Waals surface area contributed by atoms with Crippen molar-refractivity contribution < 1.29 is 19.2 Å². The van der Waals surface area contributed by atoms with Crippen molar-refractivity contribution in [3.63, 3.8) is 0 Å². The van der Waals surface area contributed by atoms with Gasteiger partial charge in [-0.2, -0.15) is 0 Å². The van der Waals surface area contributed by atoms with E-state index in [9.17, 15) is 9.00 Å². The molecule has 1 amide bonds. The lowest BCUT2D eigenvalue weighted by Crippen LogP contribution is -2.33. The van der Waals surface area contributed by atoms with Gasteiger partial charge in [-0.05, 0) is 5.92 Å². The van der Waals surface area contributed by atoms with Crippen LogP contribution in [0, 0.1) is 5.92 Å². The summed E-state index contributed by atoms with van der Waals surface area (Å²) >= 11 is 0. The van der Waals surface area contributed by atoms with Crippen molar-refractivity contribution in [3.8, 4) is 0 Å². The van der Waals surface area contributed by atoms with Crippen LogP contribution in [0.5, 0.6) is 0 Å². The average molecular weight is 237 g/mol. The Kier molecular flexibility index (Phi) is 7.54. The van der Waals surface area contributed by atoms with Gasteiger partial charge in [0.25, 0.3) is 0 Å². The highest BCUT2D eigenvalue weighted by atomic mass is 32.2. The predicted molar refractivity (Wildman–Crippen MR) is 58.8 cm³/mol. The van der Waals surface area contributed by atoms with Gasteiger partial charge in [-0.3, -0.25) is 9.00 Å². The summed E-state index contributed by atoms with van der Waals surface area (Å²) in [4.78, 5) is 11.2. The van der Waals surface area contributed by atoms with Gasteiger partial charge in [-0.15, -0.1) is 0 Å². The first kappa shape index (κ1) is 14.5. The smallest absolute Gasteiger partial charge is 0.232 e. The van der Waals surface area contributed by atoms with Crippen LogP contribution >= 0.6 is 0 Å². The summed E-state index contributed by atoms with van der Waals surface area (Å²) in [6, 6.07) is 0. The van der Waals surface area contributed by atoms with Crippen LogP contribution in [-0.2, 0) is 15.6 Å². The maximum atomic E-state index is 11.2. The van der Waals surface area contributed by atoms with Crippen molar-refractivity contribution in [3.05, 3.63) is 0 Å². The summed E-state index contributed by atoms with van der Waals surface area (Å²) < 4.78 is 11.2. The van der Waals surface area contributed by atoms with E-state index in [4.69, 9.17) is 10.2 Å². The third-order valence-electron chi connectivity index (χ3n) is 1.59. The second kappa shape index (κ2) is 7.78. The molecule has 0 aromatic carbocycles. The van der Waals surface area contributed by atoms with Gasteiger partial charge in [0.15, 0.2) is 0 Å². The van der Waals surface area contributed by atoms with E-state index in [0.29, 0.717) is 12.5 Å². The fourth-order valence-corrected chi connectivity index (χ4v) is 1.89.